The van der Waals surface area contributed by atoms with Gasteiger partial charge in [-0.1, -0.05) is 0 Å². The molecule has 3 N–H and O–H groups in total. The van der Waals surface area contributed by atoms with Crippen molar-refractivity contribution in [2.45, 2.75) is 31.8 Å². The molecule has 6 nitrogen and oxygen atoms in total. The predicted octanol–water partition coefficient (Wildman–Crippen LogP) is -1.14. The smallest absolute Gasteiger partial charge is 0.332 e. The molecular formula is C10H18N2O4. The monoisotopic (exact) mass is 230 g/mol. The van der Waals surface area contributed by atoms with Crippen molar-refractivity contribution in [3.8, 4) is 0 Å². The number of likely N-dealkylation sites (tertiary alicyclic amines) is 1. The van der Waals surface area contributed by atoms with E-state index in [1.54, 1.807) is 6.92 Å². The number of aliphatic hydroxyl groups excluding tert-OH is 1. The number of hydrogen-bond acceptors (Lipinski definition) is 5. The molecule has 1 saturated heterocycles. The zero-order chi connectivity index (χ0) is 12.1. The number of carbonyl (C=O) groups excluding carboxylic acids is 2. The van der Waals surface area contributed by atoms with Gasteiger partial charge in [0.1, 0.15) is 0 Å². The van der Waals surface area contributed by atoms with Crippen molar-refractivity contribution in [1.82, 2.24) is 4.90 Å². The number of amides is 1. The Morgan fingerprint density at radius 1 is 1.62 bits per heavy atom. The normalized spacial score (nSPS) is 21.9. The Morgan fingerprint density at radius 3 is 2.88 bits per heavy atom. The van der Waals surface area contributed by atoms with Crippen LogP contribution in [0.2, 0.25) is 0 Å². The highest BCUT2D eigenvalue weighted by molar-refractivity contribution is 6.01. The van der Waals surface area contributed by atoms with Crippen LogP contribution in [-0.4, -0.2) is 53.7 Å². The number of esters is 1. The van der Waals surface area contributed by atoms with Gasteiger partial charge in [-0.05, 0) is 19.8 Å². The van der Waals surface area contributed by atoms with Crippen molar-refractivity contribution in [3.05, 3.63) is 0 Å². The third-order valence-electron chi connectivity index (χ3n) is 2.68. The minimum atomic E-state index is -1.27. The summed E-state index contributed by atoms with van der Waals surface area (Å²) in [4.78, 5) is 24.6. The molecule has 0 bridgehead atoms. The van der Waals surface area contributed by atoms with Crippen molar-refractivity contribution in [2.75, 3.05) is 19.8 Å². The maximum Gasteiger partial charge on any atom is 0.332 e. The number of carbonyl (C=O) groups is 2. The molecule has 0 aromatic carbocycles. The fraction of sp³-hybridized carbons (Fsp3) is 0.800. The first-order chi connectivity index (χ1) is 7.61. The first-order valence-electron chi connectivity index (χ1n) is 5.45. The van der Waals surface area contributed by atoms with Crippen LogP contribution < -0.4 is 5.73 Å². The zero-order valence-electron chi connectivity index (χ0n) is 9.39. The molecule has 2 atom stereocenters. The van der Waals surface area contributed by atoms with Crippen LogP contribution in [0.1, 0.15) is 19.8 Å². The fourth-order valence-electron chi connectivity index (χ4n) is 1.83. The molecule has 0 aromatic rings. The number of rotatable bonds is 4. The first-order valence-corrected chi connectivity index (χ1v) is 5.45. The Labute approximate surface area is 94.3 Å². The highest BCUT2D eigenvalue weighted by Gasteiger charge is 2.34. The molecule has 1 fully saturated rings. The quantitative estimate of drug-likeness (QED) is 0.470. The van der Waals surface area contributed by atoms with Gasteiger partial charge in [-0.15, -0.1) is 0 Å². The summed E-state index contributed by atoms with van der Waals surface area (Å²) in [6.45, 7) is 2.29. The van der Waals surface area contributed by atoms with E-state index in [9.17, 15) is 9.59 Å². The van der Waals surface area contributed by atoms with E-state index in [2.05, 4.69) is 4.74 Å². The Balaban J connectivity index is 2.59. The van der Waals surface area contributed by atoms with Crippen molar-refractivity contribution >= 4 is 11.9 Å². The molecule has 1 aliphatic heterocycles. The van der Waals surface area contributed by atoms with Crippen LogP contribution in [0.5, 0.6) is 0 Å². The summed E-state index contributed by atoms with van der Waals surface area (Å²) < 4.78 is 4.68. The highest BCUT2D eigenvalue weighted by atomic mass is 16.5. The van der Waals surface area contributed by atoms with Crippen LogP contribution in [0, 0.1) is 0 Å². The Hall–Kier alpha value is -1.14. The van der Waals surface area contributed by atoms with Crippen LogP contribution >= 0.6 is 0 Å². The lowest BCUT2D eigenvalue weighted by Gasteiger charge is -2.25. The third-order valence-corrected chi connectivity index (χ3v) is 2.68. The van der Waals surface area contributed by atoms with E-state index < -0.39 is 17.9 Å². The van der Waals surface area contributed by atoms with E-state index in [-0.39, 0.29) is 19.3 Å². The standard InChI is InChI=1S/C10H18N2O4/c1-2-16-10(15)8(11)9(14)12-5-3-4-7(12)6-13/h7-8,13H,2-6,11H2,1H3/t7-,8?/m0/s1. The van der Waals surface area contributed by atoms with Gasteiger partial charge in [-0.2, -0.15) is 0 Å². The largest absolute Gasteiger partial charge is 0.464 e. The molecule has 0 spiro atoms. The molecule has 0 saturated carbocycles. The minimum absolute atomic E-state index is 0.0959. The minimum Gasteiger partial charge on any atom is -0.464 e. The van der Waals surface area contributed by atoms with Crippen LogP contribution in [0.4, 0.5) is 0 Å². The van der Waals surface area contributed by atoms with Crippen molar-refractivity contribution in [2.24, 2.45) is 5.73 Å². The first kappa shape index (κ1) is 12.9. The zero-order valence-corrected chi connectivity index (χ0v) is 9.39. The van der Waals surface area contributed by atoms with E-state index in [0.29, 0.717) is 6.54 Å². The summed E-state index contributed by atoms with van der Waals surface area (Å²) in [5.41, 5.74) is 5.50. The van der Waals surface area contributed by atoms with Gasteiger partial charge >= 0.3 is 5.97 Å². The molecule has 1 unspecified atom stereocenters. The summed E-state index contributed by atoms with van der Waals surface area (Å²) in [5, 5.41) is 9.06. The van der Waals surface area contributed by atoms with E-state index in [1.165, 1.54) is 4.90 Å². The average Bonchev–Trinajstić information content (AvgIpc) is 2.75. The van der Waals surface area contributed by atoms with Crippen LogP contribution in [0.15, 0.2) is 0 Å². The second-order valence-corrected chi connectivity index (χ2v) is 3.74. The number of ether oxygens (including phenoxy) is 1. The molecule has 92 valence electrons. The molecular weight excluding hydrogens is 212 g/mol. The molecule has 16 heavy (non-hydrogen) atoms. The van der Waals surface area contributed by atoms with E-state index in [4.69, 9.17) is 10.8 Å². The average molecular weight is 230 g/mol. The topological polar surface area (TPSA) is 92.9 Å². The summed E-state index contributed by atoms with van der Waals surface area (Å²) in [7, 11) is 0. The van der Waals surface area contributed by atoms with E-state index in [0.717, 1.165) is 12.8 Å². The predicted molar refractivity (Wildman–Crippen MR) is 56.4 cm³/mol. The van der Waals surface area contributed by atoms with Gasteiger partial charge in [-0.25, -0.2) is 4.79 Å². The lowest BCUT2D eigenvalue weighted by atomic mass is 10.2. The van der Waals surface area contributed by atoms with Gasteiger partial charge in [0.2, 0.25) is 0 Å². The van der Waals surface area contributed by atoms with Gasteiger partial charge in [0.15, 0.2) is 6.04 Å². The van der Waals surface area contributed by atoms with Gasteiger partial charge < -0.3 is 20.5 Å². The summed E-state index contributed by atoms with van der Waals surface area (Å²) in [6.07, 6.45) is 1.57. The Kier molecular flexibility index (Phi) is 4.70. The van der Waals surface area contributed by atoms with E-state index in [1.807, 2.05) is 0 Å². The van der Waals surface area contributed by atoms with Crippen LogP contribution in [0.3, 0.4) is 0 Å². The Bertz CT molecular complexity index is 270. The number of hydrogen-bond donors (Lipinski definition) is 2. The second-order valence-electron chi connectivity index (χ2n) is 3.74. The molecule has 6 heteroatoms. The molecule has 0 aromatic heterocycles. The van der Waals surface area contributed by atoms with Crippen molar-refractivity contribution < 1.29 is 19.4 Å². The molecule has 1 rings (SSSR count). The lowest BCUT2D eigenvalue weighted by molar-refractivity contribution is -0.151. The van der Waals surface area contributed by atoms with Crippen molar-refractivity contribution in [3.63, 3.8) is 0 Å². The molecule has 0 radical (unpaired) electrons. The number of aliphatic hydroxyl groups is 1. The molecule has 1 aliphatic rings. The van der Waals surface area contributed by atoms with E-state index >= 15 is 0 Å². The van der Waals surface area contributed by atoms with Gasteiger partial charge in [-0.3, -0.25) is 4.79 Å². The van der Waals surface area contributed by atoms with Crippen molar-refractivity contribution in [1.29, 1.82) is 0 Å². The van der Waals surface area contributed by atoms with Crippen LogP contribution in [-0.2, 0) is 14.3 Å². The SMILES string of the molecule is CCOC(=O)C(N)C(=O)N1CCC[C@H]1CO. The van der Waals surface area contributed by atoms with Gasteiger partial charge in [0.05, 0.1) is 19.3 Å². The van der Waals surface area contributed by atoms with Gasteiger partial charge in [0.25, 0.3) is 5.91 Å². The summed E-state index contributed by atoms with van der Waals surface area (Å²) >= 11 is 0. The van der Waals surface area contributed by atoms with Gasteiger partial charge in [0, 0.05) is 6.54 Å². The van der Waals surface area contributed by atoms with Crippen LogP contribution in [0.25, 0.3) is 0 Å². The number of nitrogens with two attached hydrogens (primary N) is 1. The molecule has 1 heterocycles. The molecule has 1 amide bonds. The number of nitrogens with zero attached hydrogens (tertiary/aromatic N) is 1. The highest BCUT2D eigenvalue weighted by Crippen LogP contribution is 2.17. The molecule has 0 aliphatic carbocycles. The summed E-state index contributed by atoms with van der Waals surface area (Å²) in [5.74, 6) is -1.17. The maximum absolute atomic E-state index is 11.8. The lowest BCUT2D eigenvalue weighted by Crippen LogP contribution is -2.51. The fourth-order valence-corrected chi connectivity index (χ4v) is 1.83. The second kappa shape index (κ2) is 5.81. The summed E-state index contributed by atoms with van der Waals surface area (Å²) in [6, 6.07) is -1.49. The maximum atomic E-state index is 11.8. The Morgan fingerprint density at radius 2 is 2.31 bits per heavy atom. The third kappa shape index (κ3) is 2.70.